The molecule has 0 saturated heterocycles. The van der Waals surface area contributed by atoms with Gasteiger partial charge in [-0.25, -0.2) is 15.0 Å². The number of imidazole rings is 1. The van der Waals surface area contributed by atoms with E-state index in [9.17, 15) is 4.79 Å². The van der Waals surface area contributed by atoms with Crippen LogP contribution in [0.5, 0.6) is 0 Å². The van der Waals surface area contributed by atoms with Gasteiger partial charge in [0.2, 0.25) is 0 Å². The summed E-state index contributed by atoms with van der Waals surface area (Å²) in [7, 11) is 0. The number of rotatable bonds is 4. The average molecular weight is 294 g/mol. The second kappa shape index (κ2) is 6.04. The van der Waals surface area contributed by atoms with E-state index in [1.165, 1.54) is 12.4 Å². The zero-order valence-corrected chi connectivity index (χ0v) is 11.7. The van der Waals surface area contributed by atoms with Crippen molar-refractivity contribution in [3.63, 3.8) is 0 Å². The molecule has 7 heteroatoms. The molecule has 2 heterocycles. The van der Waals surface area contributed by atoms with Crippen LogP contribution in [0.25, 0.3) is 0 Å². The molecule has 1 aromatic carbocycles. The van der Waals surface area contributed by atoms with Crippen molar-refractivity contribution in [2.24, 2.45) is 0 Å². The Bertz CT molecular complexity index is 784. The first-order valence-electron chi connectivity index (χ1n) is 6.65. The number of hydrogen-bond donors (Lipinski definition) is 2. The van der Waals surface area contributed by atoms with Crippen LogP contribution in [0.15, 0.2) is 55.4 Å². The molecule has 0 bridgehead atoms. The summed E-state index contributed by atoms with van der Waals surface area (Å²) in [6.45, 7) is 0.678. The molecular formula is C15H14N6O. The number of carbonyl (C=O) groups is 1. The standard InChI is InChI=1S/C15H14N6O/c16-14-13(18-4-5-19-14)15(22)20-12-3-1-2-11(8-12)9-21-7-6-17-10-21/h1-8,10H,9H2,(H2,16,19)(H,20,22). The molecule has 22 heavy (non-hydrogen) atoms. The van der Waals surface area contributed by atoms with Crippen molar-refractivity contribution < 1.29 is 4.79 Å². The smallest absolute Gasteiger partial charge is 0.278 e. The zero-order valence-electron chi connectivity index (χ0n) is 11.7. The van der Waals surface area contributed by atoms with Crippen LogP contribution in [0.3, 0.4) is 0 Å². The minimum absolute atomic E-state index is 0.106. The van der Waals surface area contributed by atoms with Gasteiger partial charge in [0.25, 0.3) is 5.91 Å². The monoisotopic (exact) mass is 294 g/mol. The Morgan fingerprint density at radius 2 is 2.09 bits per heavy atom. The molecule has 3 N–H and O–H groups in total. The van der Waals surface area contributed by atoms with Gasteiger partial charge in [0.1, 0.15) is 0 Å². The van der Waals surface area contributed by atoms with Crippen LogP contribution < -0.4 is 11.1 Å². The Kier molecular flexibility index (Phi) is 3.78. The number of nitrogens with zero attached hydrogens (tertiary/aromatic N) is 4. The summed E-state index contributed by atoms with van der Waals surface area (Å²) in [5.74, 6) is -0.278. The van der Waals surface area contributed by atoms with Gasteiger partial charge >= 0.3 is 0 Å². The van der Waals surface area contributed by atoms with E-state index in [-0.39, 0.29) is 17.4 Å². The maximum Gasteiger partial charge on any atom is 0.278 e. The van der Waals surface area contributed by atoms with Crippen molar-refractivity contribution in [1.82, 2.24) is 19.5 Å². The first-order valence-corrected chi connectivity index (χ1v) is 6.65. The molecule has 1 amide bonds. The topological polar surface area (TPSA) is 98.7 Å². The fourth-order valence-corrected chi connectivity index (χ4v) is 2.05. The van der Waals surface area contributed by atoms with Crippen molar-refractivity contribution in [3.05, 3.63) is 66.6 Å². The Morgan fingerprint density at radius 3 is 2.86 bits per heavy atom. The number of benzene rings is 1. The van der Waals surface area contributed by atoms with Gasteiger partial charge in [-0.2, -0.15) is 0 Å². The van der Waals surface area contributed by atoms with Gasteiger partial charge in [0, 0.05) is 37.0 Å². The molecule has 110 valence electrons. The number of nitrogens with one attached hydrogen (secondary N) is 1. The van der Waals surface area contributed by atoms with Crippen LogP contribution in [-0.2, 0) is 6.54 Å². The summed E-state index contributed by atoms with van der Waals surface area (Å²) in [6.07, 6.45) is 8.22. The average Bonchev–Trinajstić information content (AvgIpc) is 3.01. The summed E-state index contributed by atoms with van der Waals surface area (Å²) in [5, 5.41) is 2.77. The van der Waals surface area contributed by atoms with Crippen molar-refractivity contribution >= 4 is 17.4 Å². The highest BCUT2D eigenvalue weighted by Crippen LogP contribution is 2.14. The van der Waals surface area contributed by atoms with Crippen molar-refractivity contribution in [3.8, 4) is 0 Å². The lowest BCUT2D eigenvalue weighted by atomic mass is 10.2. The Balaban J connectivity index is 1.75. The largest absolute Gasteiger partial charge is 0.382 e. The number of hydrogen-bond acceptors (Lipinski definition) is 5. The predicted octanol–water partition coefficient (Wildman–Crippen LogP) is 1.56. The molecule has 3 rings (SSSR count). The molecular weight excluding hydrogens is 280 g/mol. The number of amides is 1. The lowest BCUT2D eigenvalue weighted by Crippen LogP contribution is -2.16. The third-order valence-corrected chi connectivity index (χ3v) is 3.05. The molecule has 0 fully saturated rings. The molecule has 0 unspecified atom stereocenters. The molecule has 0 saturated carbocycles. The third-order valence-electron chi connectivity index (χ3n) is 3.05. The van der Waals surface area contributed by atoms with Crippen LogP contribution >= 0.6 is 0 Å². The summed E-state index contributed by atoms with van der Waals surface area (Å²) in [4.78, 5) is 24.0. The Hall–Kier alpha value is -3.22. The van der Waals surface area contributed by atoms with Crippen molar-refractivity contribution in [2.75, 3.05) is 11.1 Å². The highest BCUT2D eigenvalue weighted by atomic mass is 16.1. The van der Waals surface area contributed by atoms with Crippen LogP contribution in [0.2, 0.25) is 0 Å². The fourth-order valence-electron chi connectivity index (χ4n) is 2.05. The summed E-state index contributed by atoms with van der Waals surface area (Å²) >= 11 is 0. The summed E-state index contributed by atoms with van der Waals surface area (Å²) < 4.78 is 1.95. The van der Waals surface area contributed by atoms with Crippen LogP contribution in [0.1, 0.15) is 16.1 Å². The highest BCUT2D eigenvalue weighted by Gasteiger charge is 2.12. The molecule has 3 aromatic rings. The molecule has 0 spiro atoms. The maximum absolute atomic E-state index is 12.2. The number of carbonyl (C=O) groups excluding carboxylic acids is 1. The first-order chi connectivity index (χ1) is 10.7. The van der Waals surface area contributed by atoms with E-state index < -0.39 is 0 Å². The number of nitrogens with two attached hydrogens (primary N) is 1. The van der Waals surface area contributed by atoms with Gasteiger partial charge < -0.3 is 15.6 Å². The van der Waals surface area contributed by atoms with E-state index in [0.29, 0.717) is 12.2 Å². The lowest BCUT2D eigenvalue weighted by molar-refractivity contribution is 0.102. The first kappa shape index (κ1) is 13.7. The van der Waals surface area contributed by atoms with Crippen LogP contribution in [0.4, 0.5) is 11.5 Å². The van der Waals surface area contributed by atoms with E-state index in [1.54, 1.807) is 12.5 Å². The summed E-state index contributed by atoms with van der Waals surface area (Å²) in [6, 6.07) is 7.56. The fraction of sp³-hybridized carbons (Fsp3) is 0.0667. The molecule has 0 aliphatic heterocycles. The molecule has 0 aliphatic rings. The molecule has 2 aromatic heterocycles. The number of aromatic nitrogens is 4. The number of anilines is 2. The Labute approximate surface area is 126 Å². The van der Waals surface area contributed by atoms with Gasteiger partial charge in [-0.1, -0.05) is 12.1 Å². The van der Waals surface area contributed by atoms with Crippen LogP contribution in [0, 0.1) is 0 Å². The second-order valence-corrected chi connectivity index (χ2v) is 4.68. The highest BCUT2D eigenvalue weighted by molar-refractivity contribution is 6.05. The van der Waals surface area contributed by atoms with Gasteiger partial charge in [-0.15, -0.1) is 0 Å². The normalized spacial score (nSPS) is 10.4. The Morgan fingerprint density at radius 1 is 1.23 bits per heavy atom. The molecule has 0 aliphatic carbocycles. The van der Waals surface area contributed by atoms with E-state index in [2.05, 4.69) is 20.3 Å². The van der Waals surface area contributed by atoms with Crippen LogP contribution in [-0.4, -0.2) is 25.4 Å². The van der Waals surface area contributed by atoms with Gasteiger partial charge in [0.15, 0.2) is 11.5 Å². The van der Waals surface area contributed by atoms with Gasteiger partial charge in [-0.05, 0) is 17.7 Å². The molecule has 7 nitrogen and oxygen atoms in total. The number of nitrogen functional groups attached to an aromatic ring is 1. The van der Waals surface area contributed by atoms with E-state index >= 15 is 0 Å². The van der Waals surface area contributed by atoms with Crippen molar-refractivity contribution in [1.29, 1.82) is 0 Å². The summed E-state index contributed by atoms with van der Waals surface area (Å²) in [5.41, 5.74) is 7.48. The lowest BCUT2D eigenvalue weighted by Gasteiger charge is -2.08. The minimum Gasteiger partial charge on any atom is -0.382 e. The van der Waals surface area contributed by atoms with Crippen molar-refractivity contribution in [2.45, 2.75) is 6.54 Å². The van der Waals surface area contributed by atoms with E-state index in [0.717, 1.165) is 5.56 Å². The SMILES string of the molecule is Nc1nccnc1C(=O)Nc1cccc(Cn2ccnc2)c1. The van der Waals surface area contributed by atoms with E-state index in [4.69, 9.17) is 5.73 Å². The van der Waals surface area contributed by atoms with E-state index in [1.807, 2.05) is 35.0 Å². The quantitative estimate of drug-likeness (QED) is 0.760. The molecule has 0 radical (unpaired) electrons. The van der Waals surface area contributed by atoms with Gasteiger partial charge in [-0.3, -0.25) is 4.79 Å². The second-order valence-electron chi connectivity index (χ2n) is 4.68. The zero-order chi connectivity index (χ0) is 15.4. The maximum atomic E-state index is 12.2. The van der Waals surface area contributed by atoms with Gasteiger partial charge in [0.05, 0.1) is 6.33 Å². The minimum atomic E-state index is -0.384. The predicted molar refractivity (Wildman–Crippen MR) is 82.2 cm³/mol. The third kappa shape index (κ3) is 3.09. The molecule has 0 atom stereocenters.